The number of sulfonamides is 1. The fraction of sp³-hybridized carbons (Fsp3) is 0.462. The molecule has 0 unspecified atom stereocenters. The monoisotopic (exact) mass is 282 g/mol. The lowest BCUT2D eigenvalue weighted by atomic mass is 10.0. The zero-order valence-electron chi connectivity index (χ0n) is 11.3. The van der Waals surface area contributed by atoms with Crippen molar-refractivity contribution in [1.82, 2.24) is 4.90 Å². The minimum absolute atomic E-state index is 0.0110. The number of aryl methyl sites for hydroxylation is 1. The Kier molecular flexibility index (Phi) is 3.40. The predicted octanol–water partition coefficient (Wildman–Crippen LogP) is 1.19. The molecular weight excluding hydrogens is 264 g/mol. The van der Waals surface area contributed by atoms with E-state index in [1.54, 1.807) is 18.9 Å². The van der Waals surface area contributed by atoms with E-state index in [1.165, 1.54) is 12.1 Å². The Hall–Kier alpha value is -1.40. The van der Waals surface area contributed by atoms with Crippen molar-refractivity contribution in [3.8, 4) is 0 Å². The summed E-state index contributed by atoms with van der Waals surface area (Å²) in [6, 6.07) is 3.16. The van der Waals surface area contributed by atoms with Gasteiger partial charge in [-0.1, -0.05) is 0 Å². The second-order valence-electron chi connectivity index (χ2n) is 5.10. The maximum Gasteiger partial charge on any atom is 0.254 e. The highest BCUT2D eigenvalue weighted by atomic mass is 32.2. The molecule has 0 atom stereocenters. The lowest BCUT2D eigenvalue weighted by molar-refractivity contribution is 0.0784. The van der Waals surface area contributed by atoms with E-state index in [0.717, 1.165) is 24.0 Å². The van der Waals surface area contributed by atoms with Crippen LogP contribution in [0.1, 0.15) is 34.3 Å². The van der Waals surface area contributed by atoms with Crippen LogP contribution in [-0.2, 0) is 10.0 Å². The molecule has 1 fully saturated rings. The van der Waals surface area contributed by atoms with E-state index in [4.69, 9.17) is 5.14 Å². The van der Waals surface area contributed by atoms with E-state index < -0.39 is 10.0 Å². The van der Waals surface area contributed by atoms with Crippen LogP contribution in [0.3, 0.4) is 0 Å². The van der Waals surface area contributed by atoms with Gasteiger partial charge in [0.15, 0.2) is 0 Å². The minimum Gasteiger partial charge on any atom is -0.339 e. The second-order valence-corrected chi connectivity index (χ2v) is 6.67. The maximum absolute atomic E-state index is 12.4. The SMILES string of the molecule is Cc1cc(S(N)(=O)=O)cc(C(=O)N(C)C2CC2)c1C. The van der Waals surface area contributed by atoms with Crippen LogP contribution in [0, 0.1) is 13.8 Å². The van der Waals surface area contributed by atoms with Gasteiger partial charge in [0.25, 0.3) is 5.91 Å². The van der Waals surface area contributed by atoms with Crippen molar-refractivity contribution in [1.29, 1.82) is 0 Å². The van der Waals surface area contributed by atoms with Gasteiger partial charge in [-0.25, -0.2) is 13.6 Å². The molecule has 1 aliphatic rings. The van der Waals surface area contributed by atoms with Gasteiger partial charge in [-0.3, -0.25) is 4.79 Å². The zero-order chi connectivity index (χ0) is 14.4. The van der Waals surface area contributed by atoms with E-state index in [1.807, 2.05) is 6.92 Å². The number of hydrogen-bond acceptors (Lipinski definition) is 3. The summed E-state index contributed by atoms with van der Waals surface area (Å²) in [5, 5.41) is 5.14. The van der Waals surface area contributed by atoms with Crippen molar-refractivity contribution in [2.24, 2.45) is 5.14 Å². The number of carbonyl (C=O) groups is 1. The standard InChI is InChI=1S/C13H18N2O3S/c1-8-6-11(19(14,17)18)7-12(9(8)2)13(16)15(3)10-4-5-10/h6-7,10H,4-5H2,1-3H3,(H2,14,17,18). The average Bonchev–Trinajstić information content (AvgIpc) is 3.13. The van der Waals surface area contributed by atoms with E-state index in [0.29, 0.717) is 5.56 Å². The molecule has 0 heterocycles. The van der Waals surface area contributed by atoms with Gasteiger partial charge in [0.05, 0.1) is 4.90 Å². The molecule has 1 aliphatic carbocycles. The lowest BCUT2D eigenvalue weighted by Crippen LogP contribution is -2.29. The smallest absolute Gasteiger partial charge is 0.254 e. The molecule has 0 aliphatic heterocycles. The maximum atomic E-state index is 12.4. The van der Waals surface area contributed by atoms with Crippen molar-refractivity contribution in [3.05, 3.63) is 28.8 Å². The molecule has 0 spiro atoms. The highest BCUT2D eigenvalue weighted by Crippen LogP contribution is 2.28. The first kappa shape index (κ1) is 14.0. The number of nitrogens with zero attached hydrogens (tertiary/aromatic N) is 1. The highest BCUT2D eigenvalue weighted by Gasteiger charge is 2.31. The first-order valence-electron chi connectivity index (χ1n) is 6.13. The van der Waals surface area contributed by atoms with E-state index >= 15 is 0 Å². The summed E-state index contributed by atoms with van der Waals surface area (Å²) in [6.07, 6.45) is 2.02. The predicted molar refractivity (Wildman–Crippen MR) is 72.4 cm³/mol. The Morgan fingerprint density at radius 3 is 2.37 bits per heavy atom. The van der Waals surface area contributed by atoms with Gasteiger partial charge < -0.3 is 4.90 Å². The molecule has 0 radical (unpaired) electrons. The summed E-state index contributed by atoms with van der Waals surface area (Å²) in [7, 11) is -2.05. The average molecular weight is 282 g/mol. The normalized spacial score (nSPS) is 15.4. The van der Waals surface area contributed by atoms with Crippen LogP contribution in [0.2, 0.25) is 0 Å². The molecule has 2 N–H and O–H groups in total. The molecule has 6 heteroatoms. The van der Waals surface area contributed by atoms with Crippen LogP contribution in [0.15, 0.2) is 17.0 Å². The number of primary sulfonamides is 1. The van der Waals surface area contributed by atoms with Crippen LogP contribution in [-0.4, -0.2) is 32.3 Å². The van der Waals surface area contributed by atoms with Gasteiger partial charge >= 0.3 is 0 Å². The van der Waals surface area contributed by atoms with Crippen LogP contribution in [0.25, 0.3) is 0 Å². The quantitative estimate of drug-likeness (QED) is 0.904. The second kappa shape index (κ2) is 4.61. The topological polar surface area (TPSA) is 80.5 Å². The van der Waals surface area contributed by atoms with Gasteiger partial charge in [0.1, 0.15) is 0 Å². The van der Waals surface area contributed by atoms with Crippen molar-refractivity contribution in [2.75, 3.05) is 7.05 Å². The summed E-state index contributed by atoms with van der Waals surface area (Å²) < 4.78 is 22.9. The largest absolute Gasteiger partial charge is 0.339 e. The molecule has 1 amide bonds. The summed E-state index contributed by atoms with van der Waals surface area (Å²) in [4.78, 5) is 14.0. The molecule has 2 rings (SSSR count). The Bertz CT molecular complexity index is 634. The molecule has 5 nitrogen and oxygen atoms in total. The third kappa shape index (κ3) is 2.79. The number of rotatable bonds is 3. The van der Waals surface area contributed by atoms with Gasteiger partial charge in [-0.2, -0.15) is 0 Å². The number of amides is 1. The van der Waals surface area contributed by atoms with Gasteiger partial charge in [0, 0.05) is 18.7 Å². The Balaban J connectivity index is 2.49. The van der Waals surface area contributed by atoms with E-state index in [-0.39, 0.29) is 16.8 Å². The molecule has 0 aromatic heterocycles. The van der Waals surface area contributed by atoms with Gasteiger partial charge in [0.2, 0.25) is 10.0 Å². The summed E-state index contributed by atoms with van der Waals surface area (Å²) in [5.74, 6) is -0.145. The fourth-order valence-electron chi connectivity index (χ4n) is 2.03. The molecule has 104 valence electrons. The van der Waals surface area contributed by atoms with Crippen molar-refractivity contribution in [3.63, 3.8) is 0 Å². The zero-order valence-corrected chi connectivity index (χ0v) is 12.1. The Morgan fingerprint density at radius 1 is 1.32 bits per heavy atom. The summed E-state index contributed by atoms with van der Waals surface area (Å²) >= 11 is 0. The Morgan fingerprint density at radius 2 is 1.89 bits per heavy atom. The first-order valence-corrected chi connectivity index (χ1v) is 7.67. The molecule has 0 bridgehead atoms. The van der Waals surface area contributed by atoms with Gasteiger partial charge in [-0.05, 0) is 49.9 Å². The summed E-state index contributed by atoms with van der Waals surface area (Å²) in [5.41, 5.74) is 1.96. The lowest BCUT2D eigenvalue weighted by Gasteiger charge is -2.19. The minimum atomic E-state index is -3.80. The van der Waals surface area contributed by atoms with Crippen molar-refractivity contribution in [2.45, 2.75) is 37.6 Å². The third-order valence-electron chi connectivity index (χ3n) is 3.61. The number of carbonyl (C=O) groups excluding carboxylic acids is 1. The van der Waals surface area contributed by atoms with E-state index in [2.05, 4.69) is 0 Å². The molecule has 1 aromatic rings. The van der Waals surface area contributed by atoms with Crippen molar-refractivity contribution < 1.29 is 13.2 Å². The highest BCUT2D eigenvalue weighted by molar-refractivity contribution is 7.89. The van der Waals surface area contributed by atoms with Crippen molar-refractivity contribution >= 4 is 15.9 Å². The number of benzene rings is 1. The number of nitrogens with two attached hydrogens (primary N) is 1. The number of hydrogen-bond donors (Lipinski definition) is 1. The van der Waals surface area contributed by atoms with Gasteiger partial charge in [-0.15, -0.1) is 0 Å². The molecule has 1 aromatic carbocycles. The van der Waals surface area contributed by atoms with Crippen LogP contribution in [0.4, 0.5) is 0 Å². The fourth-order valence-corrected chi connectivity index (χ4v) is 2.65. The molecule has 0 saturated heterocycles. The van der Waals surface area contributed by atoms with Crippen LogP contribution < -0.4 is 5.14 Å². The molecular formula is C13H18N2O3S. The molecule has 19 heavy (non-hydrogen) atoms. The molecule has 1 saturated carbocycles. The van der Waals surface area contributed by atoms with Crippen LogP contribution >= 0.6 is 0 Å². The third-order valence-corrected chi connectivity index (χ3v) is 4.51. The van der Waals surface area contributed by atoms with E-state index in [9.17, 15) is 13.2 Å². The summed E-state index contributed by atoms with van der Waals surface area (Å²) in [6.45, 7) is 3.59. The Labute approximate surface area is 113 Å². The first-order chi connectivity index (χ1) is 8.71. The van der Waals surface area contributed by atoms with Crippen LogP contribution in [0.5, 0.6) is 0 Å².